The monoisotopic (exact) mass is 262 g/mol. The van der Waals surface area contributed by atoms with E-state index in [4.69, 9.17) is 0 Å². The Kier molecular flexibility index (Phi) is 2.73. The molecule has 0 aliphatic heterocycles. The van der Waals surface area contributed by atoms with E-state index in [0.717, 1.165) is 11.8 Å². The van der Waals surface area contributed by atoms with E-state index in [2.05, 4.69) is 50.2 Å². The quantitative estimate of drug-likeness (QED) is 0.663. The zero-order valence-corrected chi connectivity index (χ0v) is 12.4. The van der Waals surface area contributed by atoms with Crippen molar-refractivity contribution < 1.29 is 0 Å². The number of hydrogen-bond donors (Lipinski definition) is 0. The predicted octanol–water partition coefficient (Wildman–Crippen LogP) is 5.73. The van der Waals surface area contributed by atoms with Gasteiger partial charge in [-0.15, -0.1) is 0 Å². The van der Waals surface area contributed by atoms with Gasteiger partial charge in [0.1, 0.15) is 0 Å². The summed E-state index contributed by atoms with van der Waals surface area (Å²) < 4.78 is 0. The van der Waals surface area contributed by atoms with Crippen LogP contribution in [0.1, 0.15) is 59.8 Å². The number of rotatable bonds is 3. The Hall–Kier alpha value is -1.56. The Balaban J connectivity index is 1.88. The highest BCUT2D eigenvalue weighted by Crippen LogP contribution is 2.47. The van der Waals surface area contributed by atoms with Crippen LogP contribution in [0.15, 0.2) is 36.4 Å². The van der Waals surface area contributed by atoms with Gasteiger partial charge < -0.3 is 0 Å². The zero-order valence-electron chi connectivity index (χ0n) is 12.4. The lowest BCUT2D eigenvalue weighted by Gasteiger charge is -2.15. The second-order valence-electron chi connectivity index (χ2n) is 6.72. The summed E-state index contributed by atoms with van der Waals surface area (Å²) in [6.45, 7) is 4.50. The van der Waals surface area contributed by atoms with Crippen molar-refractivity contribution >= 4 is 0 Å². The molecule has 2 saturated carbocycles. The van der Waals surface area contributed by atoms with Crippen LogP contribution >= 0.6 is 0 Å². The normalized spacial score (nSPS) is 18.3. The van der Waals surface area contributed by atoms with E-state index in [1.54, 1.807) is 11.1 Å². The van der Waals surface area contributed by atoms with Crippen LogP contribution in [0, 0.1) is 13.8 Å². The third-order valence-corrected chi connectivity index (χ3v) is 4.76. The van der Waals surface area contributed by atoms with Crippen molar-refractivity contribution in [1.29, 1.82) is 0 Å². The number of aryl methyl sites for hydroxylation is 2. The lowest BCUT2D eigenvalue weighted by molar-refractivity contribution is 1.11. The third kappa shape index (κ3) is 2.18. The van der Waals surface area contributed by atoms with Crippen molar-refractivity contribution in [3.63, 3.8) is 0 Å². The maximum atomic E-state index is 2.46. The van der Waals surface area contributed by atoms with E-state index >= 15 is 0 Å². The summed E-state index contributed by atoms with van der Waals surface area (Å²) in [7, 11) is 0. The predicted molar refractivity (Wildman–Crippen MR) is 85.3 cm³/mol. The molecule has 2 aromatic rings. The first-order chi connectivity index (χ1) is 9.72. The molecular formula is C20H22. The van der Waals surface area contributed by atoms with Crippen LogP contribution in [0.5, 0.6) is 0 Å². The highest BCUT2D eigenvalue weighted by molar-refractivity contribution is 5.73. The van der Waals surface area contributed by atoms with Gasteiger partial charge in [0.2, 0.25) is 0 Å². The minimum Gasteiger partial charge on any atom is -0.0617 e. The molecule has 4 rings (SSSR count). The van der Waals surface area contributed by atoms with Gasteiger partial charge in [0.15, 0.2) is 0 Å². The van der Waals surface area contributed by atoms with Gasteiger partial charge in [-0.25, -0.2) is 0 Å². The van der Waals surface area contributed by atoms with E-state index in [9.17, 15) is 0 Å². The molecule has 0 heteroatoms. The lowest BCUT2D eigenvalue weighted by Crippen LogP contribution is -1.93. The largest absolute Gasteiger partial charge is 0.0617 e. The molecule has 0 heterocycles. The Labute approximate surface area is 121 Å². The molecule has 102 valence electrons. The molecule has 0 amide bonds. The van der Waals surface area contributed by atoms with Crippen molar-refractivity contribution in [2.45, 2.75) is 51.4 Å². The van der Waals surface area contributed by atoms with E-state index < -0.39 is 0 Å². The molecule has 0 unspecified atom stereocenters. The summed E-state index contributed by atoms with van der Waals surface area (Å²) in [6, 6.07) is 14.1. The van der Waals surface area contributed by atoms with Crippen LogP contribution in [-0.4, -0.2) is 0 Å². The minimum absolute atomic E-state index is 0.815. The molecule has 0 aromatic heterocycles. The van der Waals surface area contributed by atoms with Crippen LogP contribution in [-0.2, 0) is 0 Å². The Bertz CT molecular complexity index is 658. The summed E-state index contributed by atoms with van der Waals surface area (Å²) in [5.41, 5.74) is 8.95. The lowest BCUT2D eigenvalue weighted by atomic mass is 9.90. The fourth-order valence-electron chi connectivity index (χ4n) is 3.43. The topological polar surface area (TPSA) is 0 Å². The molecule has 2 fully saturated rings. The second-order valence-corrected chi connectivity index (χ2v) is 6.72. The minimum atomic E-state index is 0.815. The number of hydrogen-bond acceptors (Lipinski definition) is 0. The fourth-order valence-corrected chi connectivity index (χ4v) is 3.43. The van der Waals surface area contributed by atoms with E-state index in [1.807, 2.05) is 0 Å². The first kappa shape index (κ1) is 12.2. The molecule has 20 heavy (non-hydrogen) atoms. The molecule has 2 aliphatic carbocycles. The van der Waals surface area contributed by atoms with Gasteiger partial charge in [-0.2, -0.15) is 0 Å². The molecule has 0 spiro atoms. The second kappa shape index (κ2) is 4.48. The van der Waals surface area contributed by atoms with Gasteiger partial charge in [-0.1, -0.05) is 42.0 Å². The van der Waals surface area contributed by atoms with Gasteiger partial charge in [-0.05, 0) is 79.2 Å². The molecular weight excluding hydrogens is 240 g/mol. The molecule has 0 N–H and O–H groups in total. The van der Waals surface area contributed by atoms with Crippen molar-refractivity contribution in [1.82, 2.24) is 0 Å². The smallest absolute Gasteiger partial charge is 0.0120 e. The number of benzene rings is 2. The zero-order chi connectivity index (χ0) is 13.7. The van der Waals surface area contributed by atoms with E-state index in [0.29, 0.717) is 0 Å². The molecule has 2 aromatic carbocycles. The van der Waals surface area contributed by atoms with Gasteiger partial charge >= 0.3 is 0 Å². The van der Waals surface area contributed by atoms with Crippen LogP contribution in [0.4, 0.5) is 0 Å². The van der Waals surface area contributed by atoms with Crippen LogP contribution in [0.25, 0.3) is 11.1 Å². The molecule has 0 radical (unpaired) electrons. The standard InChI is InChI=1S/C20H22/c1-13-10-17(15-6-7-15)12-18(11-13)20-14(2)4-3-5-19(20)16-8-9-16/h3-5,10-12,15-16H,6-9H2,1-2H3. The first-order valence-electron chi connectivity index (χ1n) is 7.94. The Morgan fingerprint density at radius 1 is 0.850 bits per heavy atom. The highest BCUT2D eigenvalue weighted by Gasteiger charge is 2.28. The van der Waals surface area contributed by atoms with Crippen molar-refractivity contribution in [3.05, 3.63) is 58.7 Å². The van der Waals surface area contributed by atoms with Gasteiger partial charge in [-0.3, -0.25) is 0 Å². The fraction of sp³-hybridized carbons (Fsp3) is 0.400. The first-order valence-corrected chi connectivity index (χ1v) is 7.94. The van der Waals surface area contributed by atoms with Crippen molar-refractivity contribution in [2.24, 2.45) is 0 Å². The van der Waals surface area contributed by atoms with Crippen LogP contribution in [0.2, 0.25) is 0 Å². The van der Waals surface area contributed by atoms with Gasteiger partial charge in [0, 0.05) is 0 Å². The molecule has 0 atom stereocenters. The van der Waals surface area contributed by atoms with E-state index in [-0.39, 0.29) is 0 Å². The summed E-state index contributed by atoms with van der Waals surface area (Å²) in [4.78, 5) is 0. The maximum Gasteiger partial charge on any atom is -0.0120 e. The molecule has 0 bridgehead atoms. The highest BCUT2D eigenvalue weighted by atomic mass is 14.3. The van der Waals surface area contributed by atoms with Crippen molar-refractivity contribution in [3.8, 4) is 11.1 Å². The van der Waals surface area contributed by atoms with Crippen molar-refractivity contribution in [2.75, 3.05) is 0 Å². The summed E-state index contributed by atoms with van der Waals surface area (Å²) in [6.07, 6.45) is 5.51. The third-order valence-electron chi connectivity index (χ3n) is 4.76. The van der Waals surface area contributed by atoms with E-state index in [1.165, 1.54) is 47.9 Å². The Morgan fingerprint density at radius 2 is 1.60 bits per heavy atom. The van der Waals surface area contributed by atoms with Crippen LogP contribution < -0.4 is 0 Å². The maximum absolute atomic E-state index is 2.46. The molecule has 2 aliphatic rings. The average molecular weight is 262 g/mol. The Morgan fingerprint density at radius 3 is 2.30 bits per heavy atom. The SMILES string of the molecule is Cc1cc(-c2c(C)cccc2C2CC2)cc(C2CC2)c1. The summed E-state index contributed by atoms with van der Waals surface area (Å²) >= 11 is 0. The summed E-state index contributed by atoms with van der Waals surface area (Å²) in [5.74, 6) is 1.65. The summed E-state index contributed by atoms with van der Waals surface area (Å²) in [5, 5.41) is 0. The van der Waals surface area contributed by atoms with Gasteiger partial charge in [0.25, 0.3) is 0 Å². The molecule has 0 saturated heterocycles. The molecule has 0 nitrogen and oxygen atoms in total. The average Bonchev–Trinajstić information content (AvgIpc) is 3.29. The van der Waals surface area contributed by atoms with Crippen LogP contribution in [0.3, 0.4) is 0 Å². The van der Waals surface area contributed by atoms with Gasteiger partial charge in [0.05, 0.1) is 0 Å².